The molecule has 19 heavy (non-hydrogen) atoms. The molecule has 0 saturated heterocycles. The molecule has 0 unspecified atom stereocenters. The molecule has 0 atom stereocenters. The Morgan fingerprint density at radius 3 is 2.74 bits per heavy atom. The largest absolute Gasteiger partial charge is 0.491 e. The highest BCUT2D eigenvalue weighted by atomic mass is 79.9. The van der Waals surface area contributed by atoms with Crippen LogP contribution in [0.2, 0.25) is 0 Å². The van der Waals surface area contributed by atoms with Crippen molar-refractivity contribution in [1.29, 1.82) is 0 Å². The number of hydrogen-bond acceptors (Lipinski definition) is 3. The molecule has 2 heterocycles. The maximum atomic E-state index is 11.8. The zero-order valence-electron chi connectivity index (χ0n) is 10.1. The average molecular weight is 319 g/mol. The van der Waals surface area contributed by atoms with Gasteiger partial charge < -0.3 is 9.15 Å². The number of ether oxygens (including phenoxy) is 1. The van der Waals surface area contributed by atoms with Crippen LogP contribution in [0.1, 0.15) is 16.9 Å². The molecule has 1 aliphatic heterocycles. The first-order valence-electron chi connectivity index (χ1n) is 5.97. The van der Waals surface area contributed by atoms with Crippen LogP contribution in [-0.2, 0) is 6.42 Å². The number of fused-ring (bicyclic) bond motifs is 1. The fourth-order valence-electron chi connectivity index (χ4n) is 2.01. The first-order chi connectivity index (χ1) is 9.25. The summed E-state index contributed by atoms with van der Waals surface area (Å²) >= 11 is 3.43. The standard InChI is InChI=1S/C15H11BrO3/c16-13-12(7-6-10-4-2-1-3-5-10)19-15(17)11-8-9-18-14(11)13/h1-7H,8-9H2/b7-6+. The van der Waals surface area contributed by atoms with Gasteiger partial charge in [0.05, 0.1) is 12.2 Å². The van der Waals surface area contributed by atoms with Crippen molar-refractivity contribution in [1.82, 2.24) is 0 Å². The Morgan fingerprint density at radius 1 is 1.16 bits per heavy atom. The molecule has 0 amide bonds. The van der Waals surface area contributed by atoms with E-state index in [1.54, 1.807) is 6.08 Å². The van der Waals surface area contributed by atoms with E-state index in [0.717, 1.165) is 5.56 Å². The molecule has 1 aromatic heterocycles. The van der Waals surface area contributed by atoms with Crippen LogP contribution < -0.4 is 10.4 Å². The highest BCUT2D eigenvalue weighted by Gasteiger charge is 2.22. The molecular formula is C15H11BrO3. The van der Waals surface area contributed by atoms with Crippen LogP contribution >= 0.6 is 15.9 Å². The van der Waals surface area contributed by atoms with Gasteiger partial charge in [0.1, 0.15) is 16.0 Å². The van der Waals surface area contributed by atoms with Crippen molar-refractivity contribution in [2.45, 2.75) is 6.42 Å². The van der Waals surface area contributed by atoms with Gasteiger partial charge in [0.2, 0.25) is 0 Å². The number of benzene rings is 1. The van der Waals surface area contributed by atoms with Gasteiger partial charge in [0.25, 0.3) is 0 Å². The Morgan fingerprint density at radius 2 is 1.95 bits per heavy atom. The van der Waals surface area contributed by atoms with E-state index >= 15 is 0 Å². The number of hydrogen-bond donors (Lipinski definition) is 0. The van der Waals surface area contributed by atoms with Crippen molar-refractivity contribution in [3.05, 3.63) is 62.1 Å². The first-order valence-corrected chi connectivity index (χ1v) is 6.76. The minimum Gasteiger partial charge on any atom is -0.491 e. The Hall–Kier alpha value is -1.81. The smallest absolute Gasteiger partial charge is 0.343 e. The van der Waals surface area contributed by atoms with Gasteiger partial charge in [-0.1, -0.05) is 36.4 Å². The summed E-state index contributed by atoms with van der Waals surface area (Å²) in [6.07, 6.45) is 4.27. The summed E-state index contributed by atoms with van der Waals surface area (Å²) in [5.41, 5.74) is 1.34. The molecule has 0 N–H and O–H groups in total. The van der Waals surface area contributed by atoms with Gasteiger partial charge in [0, 0.05) is 6.42 Å². The van der Waals surface area contributed by atoms with Gasteiger partial charge in [-0.3, -0.25) is 0 Å². The van der Waals surface area contributed by atoms with E-state index in [1.165, 1.54) is 0 Å². The van der Waals surface area contributed by atoms with Gasteiger partial charge in [0.15, 0.2) is 0 Å². The van der Waals surface area contributed by atoms with Gasteiger partial charge >= 0.3 is 5.63 Å². The molecule has 0 fully saturated rings. The van der Waals surface area contributed by atoms with E-state index in [4.69, 9.17) is 9.15 Å². The van der Waals surface area contributed by atoms with Crippen molar-refractivity contribution in [2.75, 3.05) is 6.61 Å². The lowest BCUT2D eigenvalue weighted by Gasteiger charge is -2.03. The molecule has 1 aromatic carbocycles. The number of halogens is 1. The molecule has 0 radical (unpaired) electrons. The molecule has 2 aromatic rings. The monoisotopic (exact) mass is 318 g/mol. The Bertz CT molecular complexity index is 687. The normalized spacial score (nSPS) is 13.5. The van der Waals surface area contributed by atoms with Crippen LogP contribution in [0.3, 0.4) is 0 Å². The highest BCUT2D eigenvalue weighted by molar-refractivity contribution is 9.10. The second-order valence-corrected chi connectivity index (χ2v) is 5.01. The zero-order valence-corrected chi connectivity index (χ0v) is 11.6. The van der Waals surface area contributed by atoms with Crippen molar-refractivity contribution in [2.24, 2.45) is 0 Å². The molecule has 0 saturated carbocycles. The van der Waals surface area contributed by atoms with E-state index in [9.17, 15) is 4.79 Å². The summed E-state index contributed by atoms with van der Waals surface area (Å²) in [5, 5.41) is 0. The van der Waals surface area contributed by atoms with Crippen molar-refractivity contribution >= 4 is 28.1 Å². The second-order valence-electron chi connectivity index (χ2n) is 4.22. The average Bonchev–Trinajstić information content (AvgIpc) is 2.92. The van der Waals surface area contributed by atoms with E-state index < -0.39 is 0 Å². The minimum atomic E-state index is -0.316. The molecular weight excluding hydrogens is 308 g/mol. The molecule has 1 aliphatic rings. The Labute approximate surface area is 118 Å². The molecule has 4 heteroatoms. The lowest BCUT2D eigenvalue weighted by atomic mass is 10.2. The van der Waals surface area contributed by atoms with Gasteiger partial charge in [-0.05, 0) is 27.6 Å². The molecule has 3 nitrogen and oxygen atoms in total. The van der Waals surface area contributed by atoms with Gasteiger partial charge in [-0.15, -0.1) is 0 Å². The topological polar surface area (TPSA) is 39.4 Å². The molecule has 96 valence electrons. The van der Waals surface area contributed by atoms with Gasteiger partial charge in [-0.2, -0.15) is 0 Å². The van der Waals surface area contributed by atoms with Crippen molar-refractivity contribution < 1.29 is 9.15 Å². The van der Waals surface area contributed by atoms with E-state index in [-0.39, 0.29) is 5.63 Å². The second kappa shape index (κ2) is 5.05. The Balaban J connectivity index is 2.01. The molecule has 0 aliphatic carbocycles. The Kier molecular flexibility index (Phi) is 3.25. The van der Waals surface area contributed by atoms with Gasteiger partial charge in [-0.25, -0.2) is 4.79 Å². The summed E-state index contributed by atoms with van der Waals surface area (Å²) in [6.45, 7) is 0.532. The summed E-state index contributed by atoms with van der Waals surface area (Å²) < 4.78 is 11.5. The predicted octanol–water partition coefficient (Wildman–Crippen LogP) is 3.51. The zero-order chi connectivity index (χ0) is 13.2. The number of rotatable bonds is 2. The summed E-state index contributed by atoms with van der Waals surface area (Å²) in [5.74, 6) is 1.10. The minimum absolute atomic E-state index is 0.316. The highest BCUT2D eigenvalue weighted by Crippen LogP contribution is 2.34. The molecule has 3 rings (SSSR count). The SMILES string of the molecule is O=c1oc(/C=C/c2ccccc2)c(Br)c2c1CCO2. The lowest BCUT2D eigenvalue weighted by Crippen LogP contribution is -2.05. The first kappa shape index (κ1) is 12.2. The van der Waals surface area contributed by atoms with Crippen LogP contribution in [0.5, 0.6) is 5.75 Å². The van der Waals surface area contributed by atoms with Crippen molar-refractivity contribution in [3.8, 4) is 5.75 Å². The predicted molar refractivity (Wildman–Crippen MR) is 77.2 cm³/mol. The third-order valence-corrected chi connectivity index (χ3v) is 3.71. The van der Waals surface area contributed by atoms with Crippen molar-refractivity contribution in [3.63, 3.8) is 0 Å². The third-order valence-electron chi connectivity index (χ3n) is 2.96. The van der Waals surface area contributed by atoms with E-state index in [1.807, 2.05) is 36.4 Å². The van der Waals surface area contributed by atoms with E-state index in [2.05, 4.69) is 15.9 Å². The fourth-order valence-corrected chi connectivity index (χ4v) is 2.57. The summed E-state index contributed by atoms with van der Waals surface area (Å²) in [4.78, 5) is 11.8. The molecule has 0 spiro atoms. The van der Waals surface area contributed by atoms with E-state index in [0.29, 0.717) is 34.6 Å². The summed E-state index contributed by atoms with van der Waals surface area (Å²) in [7, 11) is 0. The lowest BCUT2D eigenvalue weighted by molar-refractivity contribution is 0.352. The summed E-state index contributed by atoms with van der Waals surface area (Å²) in [6, 6.07) is 9.82. The van der Waals surface area contributed by atoms with Crippen LogP contribution in [0.25, 0.3) is 12.2 Å². The molecule has 0 bridgehead atoms. The van der Waals surface area contributed by atoms with Crippen LogP contribution in [0.4, 0.5) is 0 Å². The third kappa shape index (κ3) is 2.36. The fraction of sp³-hybridized carbons (Fsp3) is 0.133. The quantitative estimate of drug-likeness (QED) is 0.850. The van der Waals surface area contributed by atoms with Crippen LogP contribution in [0, 0.1) is 0 Å². The maximum absolute atomic E-state index is 11.8. The maximum Gasteiger partial charge on any atom is 0.343 e. The van der Waals surface area contributed by atoms with Crippen LogP contribution in [0.15, 0.2) is 44.0 Å². The van der Waals surface area contributed by atoms with Crippen LogP contribution in [-0.4, -0.2) is 6.61 Å².